The summed E-state index contributed by atoms with van der Waals surface area (Å²) in [6.07, 6.45) is -6.65. The van der Waals surface area contributed by atoms with E-state index >= 15 is 0 Å². The molecule has 15 heavy (non-hydrogen) atoms. The van der Waals surface area contributed by atoms with Gasteiger partial charge < -0.3 is 5.32 Å². The van der Waals surface area contributed by atoms with E-state index in [1.807, 2.05) is 0 Å². The minimum Gasteiger partial charge on any atom is -0.309 e. The van der Waals surface area contributed by atoms with Crippen LogP contribution in [-0.4, -0.2) is 30.6 Å². The van der Waals surface area contributed by atoms with Gasteiger partial charge in [0.1, 0.15) is 6.34 Å². The molecule has 1 heterocycles. The van der Waals surface area contributed by atoms with Crippen molar-refractivity contribution in [1.29, 1.82) is 0 Å². The van der Waals surface area contributed by atoms with Crippen LogP contribution < -0.4 is 5.32 Å². The first kappa shape index (κ1) is 11.5. The lowest BCUT2D eigenvalue weighted by atomic mass is 10.3. The number of halogens is 5. The molecular weight excluding hydrogens is 227 g/mol. The second kappa shape index (κ2) is 3.51. The van der Waals surface area contributed by atoms with Crippen molar-refractivity contribution in [1.82, 2.24) is 5.32 Å². The highest BCUT2D eigenvalue weighted by Crippen LogP contribution is 2.35. The summed E-state index contributed by atoms with van der Waals surface area (Å²) in [5.41, 5.74) is 0. The van der Waals surface area contributed by atoms with Gasteiger partial charge in [-0.05, 0) is 0 Å². The third-order valence-corrected chi connectivity index (χ3v) is 1.34. The number of aliphatic imine (C=N–C) groups is 1. The number of nitrogens with zero attached hydrogens (tertiary/aromatic N) is 3. The van der Waals surface area contributed by atoms with E-state index in [1.165, 1.54) is 5.32 Å². The maximum Gasteiger partial charge on any atom is 0.463 e. The molecule has 1 N–H and O–H groups in total. The first-order chi connectivity index (χ1) is 6.75. The summed E-state index contributed by atoms with van der Waals surface area (Å²) in [5.74, 6) is -7.99. The monoisotopic (exact) mass is 230 g/mol. The van der Waals surface area contributed by atoms with Gasteiger partial charge in [0, 0.05) is 0 Å². The van der Waals surface area contributed by atoms with E-state index in [9.17, 15) is 26.7 Å². The topological polar surface area (TPSA) is 66.2 Å². The summed E-state index contributed by atoms with van der Waals surface area (Å²) in [5, 5.41) is 7.35. The molecule has 1 aliphatic rings. The lowest BCUT2D eigenvalue weighted by Crippen LogP contribution is -2.52. The fraction of sp³-hybridized carbons (Fsp3) is 0.600. The molecule has 0 aromatic carbocycles. The number of nitrogens with one attached hydrogen (secondary N) is 1. The molecule has 1 atom stereocenters. The van der Waals surface area contributed by atoms with Crippen LogP contribution in [-0.2, 0) is 4.79 Å². The summed E-state index contributed by atoms with van der Waals surface area (Å²) < 4.78 is 59.6. The molecule has 5 nitrogen and oxygen atoms in total. The second-order valence-electron chi connectivity index (χ2n) is 2.41. The van der Waals surface area contributed by atoms with Crippen molar-refractivity contribution in [3.63, 3.8) is 0 Å². The average molecular weight is 230 g/mol. The number of rotatable bonds is 2. The van der Waals surface area contributed by atoms with Gasteiger partial charge in [0.25, 0.3) is 0 Å². The number of carbonyl (C=O) groups excluding carboxylic acids is 1. The SMILES string of the molecule is O=C(NC1N=CN=N1)C(F)(F)C(F)(F)F. The molecule has 0 fully saturated rings. The van der Waals surface area contributed by atoms with Crippen LogP contribution in [0.2, 0.25) is 0 Å². The molecule has 0 bridgehead atoms. The van der Waals surface area contributed by atoms with Crippen LogP contribution in [0.5, 0.6) is 0 Å². The van der Waals surface area contributed by atoms with Crippen molar-refractivity contribution in [2.75, 3.05) is 0 Å². The molecule has 0 aliphatic carbocycles. The van der Waals surface area contributed by atoms with E-state index in [0.717, 1.165) is 6.34 Å². The highest BCUT2D eigenvalue weighted by molar-refractivity contribution is 5.84. The fourth-order valence-electron chi connectivity index (χ4n) is 0.618. The Morgan fingerprint density at radius 1 is 1.27 bits per heavy atom. The van der Waals surface area contributed by atoms with Gasteiger partial charge in [0.05, 0.1) is 0 Å². The van der Waals surface area contributed by atoms with E-state index in [-0.39, 0.29) is 0 Å². The Morgan fingerprint density at radius 2 is 1.87 bits per heavy atom. The molecule has 1 amide bonds. The van der Waals surface area contributed by atoms with Gasteiger partial charge in [-0.25, -0.2) is 4.99 Å². The van der Waals surface area contributed by atoms with Crippen molar-refractivity contribution in [2.45, 2.75) is 18.4 Å². The van der Waals surface area contributed by atoms with Crippen molar-refractivity contribution in [3.05, 3.63) is 0 Å². The van der Waals surface area contributed by atoms with Crippen LogP contribution in [0.25, 0.3) is 0 Å². The fourth-order valence-corrected chi connectivity index (χ4v) is 0.618. The molecular formula is C5H3F5N4O. The minimum atomic E-state index is -5.95. The Bertz CT molecular complexity index is 310. The molecule has 0 spiro atoms. The maximum atomic E-state index is 12.3. The van der Waals surface area contributed by atoms with E-state index in [2.05, 4.69) is 15.2 Å². The minimum absolute atomic E-state index is 0.816. The highest BCUT2D eigenvalue weighted by atomic mass is 19.4. The van der Waals surface area contributed by atoms with Crippen LogP contribution in [0.3, 0.4) is 0 Å². The zero-order valence-corrected chi connectivity index (χ0v) is 6.79. The number of amides is 1. The Hall–Kier alpha value is -1.61. The predicted octanol–water partition coefficient (Wildman–Crippen LogP) is 1.08. The van der Waals surface area contributed by atoms with Crippen molar-refractivity contribution in [2.24, 2.45) is 15.2 Å². The number of azo groups is 1. The molecule has 0 aromatic heterocycles. The highest BCUT2D eigenvalue weighted by Gasteiger charge is 2.63. The summed E-state index contributed by atoms with van der Waals surface area (Å²) >= 11 is 0. The first-order valence-corrected chi connectivity index (χ1v) is 3.42. The van der Waals surface area contributed by atoms with E-state index in [1.54, 1.807) is 0 Å². The van der Waals surface area contributed by atoms with Crippen LogP contribution >= 0.6 is 0 Å². The molecule has 0 radical (unpaired) electrons. The summed E-state index contributed by atoms with van der Waals surface area (Å²) in [4.78, 5) is 13.7. The van der Waals surface area contributed by atoms with Crippen LogP contribution in [0.4, 0.5) is 22.0 Å². The van der Waals surface area contributed by atoms with Gasteiger partial charge in [0.15, 0.2) is 0 Å². The van der Waals surface area contributed by atoms with Crippen LogP contribution in [0.15, 0.2) is 15.2 Å². The molecule has 0 saturated heterocycles. The quantitative estimate of drug-likeness (QED) is 0.708. The normalized spacial score (nSPS) is 20.7. The summed E-state index contributed by atoms with van der Waals surface area (Å²) in [6, 6.07) is 0. The zero-order valence-electron chi connectivity index (χ0n) is 6.79. The largest absolute Gasteiger partial charge is 0.463 e. The number of carbonyl (C=O) groups is 1. The van der Waals surface area contributed by atoms with Crippen LogP contribution in [0.1, 0.15) is 0 Å². The van der Waals surface area contributed by atoms with Gasteiger partial charge in [-0.15, -0.1) is 10.2 Å². The smallest absolute Gasteiger partial charge is 0.309 e. The summed E-state index contributed by atoms with van der Waals surface area (Å²) in [7, 11) is 0. The van der Waals surface area contributed by atoms with Crippen molar-refractivity contribution < 1.29 is 26.7 Å². The van der Waals surface area contributed by atoms with Gasteiger partial charge in [-0.2, -0.15) is 22.0 Å². The Kier molecular flexibility index (Phi) is 2.69. The third-order valence-electron chi connectivity index (χ3n) is 1.34. The van der Waals surface area contributed by atoms with Gasteiger partial charge in [-0.1, -0.05) is 0 Å². The molecule has 84 valence electrons. The predicted molar refractivity (Wildman–Crippen MR) is 36.3 cm³/mol. The lowest BCUT2D eigenvalue weighted by molar-refractivity contribution is -0.270. The second-order valence-corrected chi connectivity index (χ2v) is 2.41. The number of alkyl halides is 5. The molecule has 1 aliphatic heterocycles. The van der Waals surface area contributed by atoms with Gasteiger partial charge in [-0.3, -0.25) is 4.79 Å². The Labute approximate surface area is 79.1 Å². The molecule has 0 aromatic rings. The van der Waals surface area contributed by atoms with Gasteiger partial charge >= 0.3 is 18.0 Å². The van der Waals surface area contributed by atoms with E-state index in [4.69, 9.17) is 0 Å². The molecule has 10 heteroatoms. The van der Waals surface area contributed by atoms with E-state index < -0.39 is 24.3 Å². The maximum absolute atomic E-state index is 12.3. The summed E-state index contributed by atoms with van der Waals surface area (Å²) in [6.45, 7) is 0. The lowest BCUT2D eigenvalue weighted by Gasteiger charge is -2.18. The van der Waals surface area contributed by atoms with E-state index in [0.29, 0.717) is 0 Å². The first-order valence-electron chi connectivity index (χ1n) is 3.42. The third kappa shape index (κ3) is 2.25. The average Bonchev–Trinajstić information content (AvgIpc) is 2.54. The Morgan fingerprint density at radius 3 is 2.27 bits per heavy atom. The zero-order chi connectivity index (χ0) is 11.7. The standard InChI is InChI=1S/C5H3F5N4O/c6-4(7,5(8,9)10)2(15)13-3-11-1-12-14-3/h1,3H,(H,13,15). The van der Waals surface area contributed by atoms with Crippen molar-refractivity contribution in [3.8, 4) is 0 Å². The van der Waals surface area contributed by atoms with Crippen LogP contribution in [0, 0.1) is 0 Å². The molecule has 0 saturated carbocycles. The Balaban J connectivity index is 2.68. The molecule has 1 unspecified atom stereocenters. The van der Waals surface area contributed by atoms with Crippen molar-refractivity contribution >= 4 is 12.2 Å². The molecule has 1 rings (SSSR count). The van der Waals surface area contributed by atoms with Gasteiger partial charge in [0.2, 0.25) is 6.29 Å². The number of hydrogen-bond donors (Lipinski definition) is 1. The number of hydrogen-bond acceptors (Lipinski definition) is 4.